The van der Waals surface area contributed by atoms with Crippen molar-refractivity contribution < 1.29 is 24.2 Å². The first kappa shape index (κ1) is 19.8. The van der Waals surface area contributed by atoms with Gasteiger partial charge >= 0.3 is 0 Å². The van der Waals surface area contributed by atoms with Crippen LogP contribution < -0.4 is 20.1 Å². The van der Waals surface area contributed by atoms with Crippen molar-refractivity contribution in [1.29, 1.82) is 0 Å². The van der Waals surface area contributed by atoms with Gasteiger partial charge in [-0.2, -0.15) is 0 Å². The van der Waals surface area contributed by atoms with Crippen LogP contribution in [0.2, 0.25) is 0 Å². The fraction of sp³-hybridized carbons (Fsp3) is 0.200. The number of aromatic hydroxyl groups is 1. The molecule has 2 aromatic carbocycles. The maximum absolute atomic E-state index is 11.9. The minimum absolute atomic E-state index is 0.0288. The average Bonchev–Trinajstić information content (AvgIpc) is 2.67. The van der Waals surface area contributed by atoms with Gasteiger partial charge in [0, 0.05) is 30.8 Å². The van der Waals surface area contributed by atoms with Gasteiger partial charge in [-0.15, -0.1) is 0 Å². The van der Waals surface area contributed by atoms with Gasteiger partial charge in [-0.1, -0.05) is 12.1 Å². The quantitative estimate of drug-likeness (QED) is 0.621. The Kier molecular flexibility index (Phi) is 7.25. The maximum atomic E-state index is 11.9. The van der Waals surface area contributed by atoms with Crippen LogP contribution in [0.25, 0.3) is 6.08 Å². The SMILES string of the molecule is COc1cccc(NC(=O)CCNC(=O)/C=C/c2ccc(O)c(OC)c2)c1. The number of rotatable bonds is 8. The summed E-state index contributed by atoms with van der Waals surface area (Å²) < 4.78 is 10.1. The molecule has 142 valence electrons. The van der Waals surface area contributed by atoms with Crippen LogP contribution in [0.15, 0.2) is 48.5 Å². The van der Waals surface area contributed by atoms with Crippen LogP contribution in [0.1, 0.15) is 12.0 Å². The van der Waals surface area contributed by atoms with Crippen molar-refractivity contribution in [2.45, 2.75) is 6.42 Å². The van der Waals surface area contributed by atoms with Gasteiger partial charge in [0.25, 0.3) is 0 Å². The molecule has 7 heteroatoms. The third-order valence-electron chi connectivity index (χ3n) is 3.64. The second kappa shape index (κ2) is 9.86. The fourth-order valence-electron chi connectivity index (χ4n) is 2.25. The molecule has 0 radical (unpaired) electrons. The molecule has 27 heavy (non-hydrogen) atoms. The zero-order valence-corrected chi connectivity index (χ0v) is 15.2. The number of anilines is 1. The monoisotopic (exact) mass is 370 g/mol. The number of benzene rings is 2. The molecular formula is C20H22N2O5. The van der Waals surface area contributed by atoms with Gasteiger partial charge < -0.3 is 25.2 Å². The van der Waals surface area contributed by atoms with E-state index in [4.69, 9.17) is 9.47 Å². The van der Waals surface area contributed by atoms with Gasteiger partial charge in [-0.3, -0.25) is 9.59 Å². The molecule has 0 bridgehead atoms. The maximum Gasteiger partial charge on any atom is 0.244 e. The molecule has 2 amide bonds. The molecule has 0 atom stereocenters. The highest BCUT2D eigenvalue weighted by molar-refractivity contribution is 5.93. The van der Waals surface area contributed by atoms with Crippen LogP contribution in [-0.2, 0) is 9.59 Å². The van der Waals surface area contributed by atoms with E-state index in [9.17, 15) is 14.7 Å². The molecule has 0 aliphatic heterocycles. The minimum Gasteiger partial charge on any atom is -0.504 e. The van der Waals surface area contributed by atoms with Crippen LogP contribution in [0, 0.1) is 0 Å². The first-order chi connectivity index (χ1) is 13.0. The predicted molar refractivity (Wildman–Crippen MR) is 103 cm³/mol. The van der Waals surface area contributed by atoms with E-state index < -0.39 is 0 Å². The summed E-state index contributed by atoms with van der Waals surface area (Å²) in [6, 6.07) is 11.8. The minimum atomic E-state index is -0.323. The average molecular weight is 370 g/mol. The first-order valence-corrected chi connectivity index (χ1v) is 8.28. The summed E-state index contributed by atoms with van der Waals surface area (Å²) in [6.07, 6.45) is 3.09. The number of phenols is 1. The third-order valence-corrected chi connectivity index (χ3v) is 3.64. The summed E-state index contributed by atoms with van der Waals surface area (Å²) in [7, 11) is 3.00. The Morgan fingerprint density at radius 2 is 1.93 bits per heavy atom. The van der Waals surface area contributed by atoms with E-state index in [1.165, 1.54) is 19.3 Å². The predicted octanol–water partition coefficient (Wildman–Crippen LogP) is 2.57. The van der Waals surface area contributed by atoms with Gasteiger partial charge in [-0.05, 0) is 35.9 Å². The van der Waals surface area contributed by atoms with Gasteiger partial charge in [0.15, 0.2) is 11.5 Å². The lowest BCUT2D eigenvalue weighted by atomic mass is 10.2. The van der Waals surface area contributed by atoms with Crippen LogP contribution in [0.3, 0.4) is 0 Å². The van der Waals surface area contributed by atoms with E-state index in [1.54, 1.807) is 49.6 Å². The van der Waals surface area contributed by atoms with Crippen LogP contribution >= 0.6 is 0 Å². The second-order valence-corrected chi connectivity index (χ2v) is 5.59. The molecule has 0 aliphatic rings. The summed E-state index contributed by atoms with van der Waals surface area (Å²) in [5, 5.41) is 14.9. The number of phenolic OH excluding ortho intramolecular Hbond substituents is 1. The summed E-state index contributed by atoms with van der Waals surface area (Å²) in [5.74, 6) is 0.469. The molecule has 0 saturated heterocycles. The van der Waals surface area contributed by atoms with E-state index in [1.807, 2.05) is 0 Å². The second-order valence-electron chi connectivity index (χ2n) is 5.59. The Bertz CT molecular complexity index is 833. The molecule has 3 N–H and O–H groups in total. The van der Waals surface area contributed by atoms with E-state index in [-0.39, 0.29) is 30.5 Å². The molecule has 0 saturated carbocycles. The molecular weight excluding hydrogens is 348 g/mol. The summed E-state index contributed by atoms with van der Waals surface area (Å²) in [6.45, 7) is 0.206. The highest BCUT2D eigenvalue weighted by Crippen LogP contribution is 2.26. The highest BCUT2D eigenvalue weighted by Gasteiger charge is 2.05. The van der Waals surface area contributed by atoms with Crippen molar-refractivity contribution in [3.63, 3.8) is 0 Å². The van der Waals surface area contributed by atoms with Crippen LogP contribution in [0.4, 0.5) is 5.69 Å². The number of hydrogen-bond donors (Lipinski definition) is 3. The Balaban J connectivity index is 1.77. The number of methoxy groups -OCH3 is 2. The Hall–Kier alpha value is -3.48. The molecule has 0 fully saturated rings. The molecule has 0 heterocycles. The number of amides is 2. The van der Waals surface area contributed by atoms with Gasteiger partial charge in [-0.25, -0.2) is 0 Å². The van der Waals surface area contributed by atoms with Crippen molar-refractivity contribution in [3.8, 4) is 17.2 Å². The molecule has 0 aromatic heterocycles. The van der Waals surface area contributed by atoms with E-state index >= 15 is 0 Å². The molecule has 2 aromatic rings. The fourth-order valence-corrected chi connectivity index (χ4v) is 2.25. The van der Waals surface area contributed by atoms with Crippen LogP contribution in [-0.4, -0.2) is 37.7 Å². The molecule has 0 spiro atoms. The molecule has 2 rings (SSSR count). The summed E-state index contributed by atoms with van der Waals surface area (Å²) in [4.78, 5) is 23.8. The smallest absolute Gasteiger partial charge is 0.244 e. The number of carbonyl (C=O) groups is 2. The standard InChI is InChI=1S/C20H22N2O5/c1-26-16-5-3-4-15(13-16)22-20(25)10-11-21-19(24)9-7-14-6-8-17(23)18(12-14)27-2/h3-9,12-13,23H,10-11H2,1-2H3,(H,21,24)(H,22,25)/b9-7+. The zero-order valence-electron chi connectivity index (χ0n) is 15.2. The van der Waals surface area contributed by atoms with Crippen molar-refractivity contribution in [1.82, 2.24) is 5.32 Å². The number of hydrogen-bond acceptors (Lipinski definition) is 5. The van der Waals surface area contributed by atoms with E-state index in [2.05, 4.69) is 10.6 Å². The number of carbonyl (C=O) groups excluding carboxylic acids is 2. The summed E-state index contributed by atoms with van der Waals surface area (Å²) >= 11 is 0. The Morgan fingerprint density at radius 1 is 1.11 bits per heavy atom. The van der Waals surface area contributed by atoms with Crippen molar-refractivity contribution in [2.75, 3.05) is 26.1 Å². The van der Waals surface area contributed by atoms with Gasteiger partial charge in [0.1, 0.15) is 5.75 Å². The number of ether oxygens (including phenoxy) is 2. The van der Waals surface area contributed by atoms with E-state index in [0.29, 0.717) is 22.7 Å². The van der Waals surface area contributed by atoms with Gasteiger partial charge in [0.05, 0.1) is 14.2 Å². The van der Waals surface area contributed by atoms with Gasteiger partial charge in [0.2, 0.25) is 11.8 Å². The highest BCUT2D eigenvalue weighted by atomic mass is 16.5. The lowest BCUT2D eigenvalue weighted by molar-refractivity contribution is -0.117. The Morgan fingerprint density at radius 3 is 2.67 bits per heavy atom. The Labute approximate surface area is 157 Å². The number of nitrogens with one attached hydrogen (secondary N) is 2. The lowest BCUT2D eigenvalue weighted by Crippen LogP contribution is -2.26. The molecule has 0 unspecified atom stereocenters. The molecule has 7 nitrogen and oxygen atoms in total. The topological polar surface area (TPSA) is 96.9 Å². The third kappa shape index (κ3) is 6.39. The first-order valence-electron chi connectivity index (χ1n) is 8.28. The van der Waals surface area contributed by atoms with Crippen molar-refractivity contribution in [3.05, 3.63) is 54.1 Å². The summed E-state index contributed by atoms with van der Waals surface area (Å²) in [5.41, 5.74) is 1.34. The van der Waals surface area contributed by atoms with Crippen molar-refractivity contribution in [2.24, 2.45) is 0 Å². The zero-order chi connectivity index (χ0) is 19.6. The lowest BCUT2D eigenvalue weighted by Gasteiger charge is -2.07. The normalized spacial score (nSPS) is 10.4. The van der Waals surface area contributed by atoms with Crippen LogP contribution in [0.5, 0.6) is 17.2 Å². The van der Waals surface area contributed by atoms with Crippen molar-refractivity contribution >= 4 is 23.6 Å². The molecule has 0 aliphatic carbocycles. The van der Waals surface area contributed by atoms with E-state index in [0.717, 1.165) is 0 Å². The largest absolute Gasteiger partial charge is 0.504 e.